The number of pyridine rings is 1. The van der Waals surface area contributed by atoms with Crippen LogP contribution in [0, 0.1) is 18.3 Å². The minimum atomic E-state index is -0.436. The Morgan fingerprint density at radius 1 is 1.31 bits per heavy atom. The molecule has 0 amide bonds. The van der Waals surface area contributed by atoms with Crippen LogP contribution in [0.2, 0.25) is 0 Å². The maximum absolute atomic E-state index is 12.4. The van der Waals surface area contributed by atoms with Crippen molar-refractivity contribution in [2.45, 2.75) is 40.2 Å². The van der Waals surface area contributed by atoms with E-state index in [2.05, 4.69) is 4.98 Å². The van der Waals surface area contributed by atoms with Gasteiger partial charge >= 0.3 is 0 Å². The standard InChI is InChI=1S/C22H21N3O4/c1-4-5-17-19(7-6-16(14(3)26)20(17)27)29-12-18-13(2)8-9-25-21(18)24-11-15(10-23)22(25)28/h6-9,11,27H,4-5,12H2,1-3H3. The minimum absolute atomic E-state index is 0.0341. The molecular weight excluding hydrogens is 370 g/mol. The van der Waals surface area contributed by atoms with Crippen LogP contribution in [0.1, 0.15) is 52.9 Å². The number of phenols is 1. The van der Waals surface area contributed by atoms with Crippen molar-refractivity contribution in [3.63, 3.8) is 0 Å². The van der Waals surface area contributed by atoms with Gasteiger partial charge in [-0.05, 0) is 44.0 Å². The molecule has 0 saturated heterocycles. The second-order valence-electron chi connectivity index (χ2n) is 6.79. The molecule has 0 bridgehead atoms. The number of nitrogens with zero attached hydrogens (tertiary/aromatic N) is 3. The summed E-state index contributed by atoms with van der Waals surface area (Å²) in [7, 11) is 0. The summed E-state index contributed by atoms with van der Waals surface area (Å²) in [5, 5.41) is 19.5. The minimum Gasteiger partial charge on any atom is -0.507 e. The molecule has 0 aliphatic heterocycles. The molecule has 3 rings (SSSR count). The number of Topliss-reactive ketones (excluding diaryl/α,β-unsaturated/α-hetero) is 1. The lowest BCUT2D eigenvalue weighted by Gasteiger charge is -2.16. The molecule has 0 atom stereocenters. The number of rotatable bonds is 6. The Bertz CT molecular complexity index is 1210. The van der Waals surface area contributed by atoms with Gasteiger partial charge in [0.25, 0.3) is 5.56 Å². The topological polar surface area (TPSA) is 105 Å². The SMILES string of the molecule is CCCc1c(OCc2c(C)ccn3c(=O)c(C#N)cnc23)ccc(C(C)=O)c1O. The van der Waals surface area contributed by atoms with Gasteiger partial charge in [-0.3, -0.25) is 14.0 Å². The average molecular weight is 391 g/mol. The number of ketones is 1. The maximum Gasteiger partial charge on any atom is 0.275 e. The van der Waals surface area contributed by atoms with Gasteiger partial charge in [0.15, 0.2) is 5.78 Å². The second-order valence-corrected chi connectivity index (χ2v) is 6.79. The zero-order valence-electron chi connectivity index (χ0n) is 16.5. The lowest BCUT2D eigenvalue weighted by molar-refractivity contribution is 0.101. The van der Waals surface area contributed by atoms with Gasteiger partial charge in [-0.1, -0.05) is 13.3 Å². The molecule has 0 spiro atoms. The predicted octanol–water partition coefficient (Wildman–Crippen LogP) is 3.31. The predicted molar refractivity (Wildman–Crippen MR) is 107 cm³/mol. The lowest BCUT2D eigenvalue weighted by Crippen LogP contribution is -2.19. The zero-order chi connectivity index (χ0) is 21.1. The molecule has 0 radical (unpaired) electrons. The van der Waals surface area contributed by atoms with Gasteiger partial charge in [-0.25, -0.2) is 4.98 Å². The number of nitriles is 1. The van der Waals surface area contributed by atoms with Crippen molar-refractivity contribution in [3.8, 4) is 17.6 Å². The highest BCUT2D eigenvalue weighted by Crippen LogP contribution is 2.33. The van der Waals surface area contributed by atoms with E-state index in [0.29, 0.717) is 28.9 Å². The lowest BCUT2D eigenvalue weighted by atomic mass is 10.0. The van der Waals surface area contributed by atoms with E-state index in [1.165, 1.54) is 17.5 Å². The highest BCUT2D eigenvalue weighted by atomic mass is 16.5. The molecule has 7 nitrogen and oxygen atoms in total. The first-order valence-corrected chi connectivity index (χ1v) is 9.27. The molecule has 2 heterocycles. The molecule has 3 aromatic rings. The first kappa shape index (κ1) is 20.1. The molecule has 0 aliphatic rings. The monoisotopic (exact) mass is 391 g/mol. The fraction of sp³-hybridized carbons (Fsp3) is 0.273. The first-order valence-electron chi connectivity index (χ1n) is 9.27. The van der Waals surface area contributed by atoms with E-state index in [-0.39, 0.29) is 29.3 Å². The van der Waals surface area contributed by atoms with Crippen LogP contribution in [-0.2, 0) is 13.0 Å². The summed E-state index contributed by atoms with van der Waals surface area (Å²) in [4.78, 5) is 28.4. The van der Waals surface area contributed by atoms with Crippen LogP contribution in [0.4, 0.5) is 0 Å². The van der Waals surface area contributed by atoms with Crippen molar-refractivity contribution >= 4 is 11.4 Å². The summed E-state index contributed by atoms with van der Waals surface area (Å²) in [6, 6.07) is 6.82. The summed E-state index contributed by atoms with van der Waals surface area (Å²) in [5.74, 6) is 0.208. The van der Waals surface area contributed by atoms with Crippen molar-refractivity contribution in [2.75, 3.05) is 0 Å². The number of hydrogen-bond acceptors (Lipinski definition) is 6. The molecule has 0 unspecified atom stereocenters. The van der Waals surface area contributed by atoms with Crippen molar-refractivity contribution in [3.05, 3.63) is 68.8 Å². The van der Waals surface area contributed by atoms with Crippen molar-refractivity contribution in [1.29, 1.82) is 5.26 Å². The Balaban J connectivity index is 2.03. The van der Waals surface area contributed by atoms with Gasteiger partial charge < -0.3 is 9.84 Å². The third kappa shape index (κ3) is 3.69. The number of carbonyl (C=O) groups is 1. The van der Waals surface area contributed by atoms with E-state index in [4.69, 9.17) is 10.00 Å². The smallest absolute Gasteiger partial charge is 0.275 e. The Hall–Kier alpha value is -3.66. The van der Waals surface area contributed by atoms with E-state index in [0.717, 1.165) is 12.0 Å². The van der Waals surface area contributed by atoms with E-state index in [9.17, 15) is 14.7 Å². The first-order chi connectivity index (χ1) is 13.9. The van der Waals surface area contributed by atoms with Crippen LogP contribution in [0.5, 0.6) is 11.5 Å². The van der Waals surface area contributed by atoms with Crippen LogP contribution in [0.3, 0.4) is 0 Å². The molecule has 7 heteroatoms. The summed E-state index contributed by atoms with van der Waals surface area (Å²) < 4.78 is 7.31. The number of ether oxygens (including phenoxy) is 1. The van der Waals surface area contributed by atoms with Gasteiger partial charge in [0.1, 0.15) is 35.4 Å². The Morgan fingerprint density at radius 3 is 2.72 bits per heavy atom. The van der Waals surface area contributed by atoms with Crippen LogP contribution < -0.4 is 10.3 Å². The second kappa shape index (κ2) is 8.15. The average Bonchev–Trinajstić information content (AvgIpc) is 2.69. The Labute approximate surface area is 167 Å². The number of phenolic OH excluding ortho intramolecular Hbond substituents is 1. The molecule has 0 fully saturated rings. The summed E-state index contributed by atoms with van der Waals surface area (Å²) in [6.07, 6.45) is 4.17. The van der Waals surface area contributed by atoms with Gasteiger partial charge in [-0.15, -0.1) is 0 Å². The largest absolute Gasteiger partial charge is 0.507 e. The number of fused-ring (bicyclic) bond motifs is 1. The van der Waals surface area contributed by atoms with Gasteiger partial charge in [0, 0.05) is 17.3 Å². The molecule has 29 heavy (non-hydrogen) atoms. The molecule has 0 aliphatic carbocycles. The zero-order valence-corrected chi connectivity index (χ0v) is 16.5. The van der Waals surface area contributed by atoms with Crippen LogP contribution >= 0.6 is 0 Å². The van der Waals surface area contributed by atoms with Gasteiger partial charge in [-0.2, -0.15) is 5.26 Å². The van der Waals surface area contributed by atoms with Crippen molar-refractivity contribution in [2.24, 2.45) is 0 Å². The normalized spacial score (nSPS) is 10.7. The molecule has 1 N–H and O–H groups in total. The van der Waals surface area contributed by atoms with Crippen molar-refractivity contribution < 1.29 is 14.6 Å². The molecule has 2 aromatic heterocycles. The molecule has 0 saturated carbocycles. The summed E-state index contributed by atoms with van der Waals surface area (Å²) >= 11 is 0. The third-order valence-corrected chi connectivity index (χ3v) is 4.82. The highest BCUT2D eigenvalue weighted by Gasteiger charge is 2.17. The third-order valence-electron chi connectivity index (χ3n) is 4.82. The quantitative estimate of drug-likeness (QED) is 0.647. The van der Waals surface area contributed by atoms with Crippen molar-refractivity contribution in [1.82, 2.24) is 9.38 Å². The molecule has 148 valence electrons. The molecular formula is C22H21N3O4. The number of carbonyl (C=O) groups excluding carboxylic acids is 1. The van der Waals surface area contributed by atoms with Crippen LogP contribution in [0.25, 0.3) is 5.65 Å². The van der Waals surface area contributed by atoms with Gasteiger partial charge in [0.2, 0.25) is 0 Å². The van der Waals surface area contributed by atoms with E-state index >= 15 is 0 Å². The van der Waals surface area contributed by atoms with Crippen LogP contribution in [-0.4, -0.2) is 20.3 Å². The fourth-order valence-electron chi connectivity index (χ4n) is 3.23. The highest BCUT2D eigenvalue weighted by molar-refractivity contribution is 5.97. The van der Waals surface area contributed by atoms with Gasteiger partial charge in [0.05, 0.1) is 11.8 Å². The van der Waals surface area contributed by atoms with Crippen LogP contribution in [0.15, 0.2) is 35.4 Å². The summed E-state index contributed by atoms with van der Waals surface area (Å²) in [6.45, 7) is 5.38. The van der Waals surface area contributed by atoms with E-state index in [1.807, 2.05) is 19.9 Å². The maximum atomic E-state index is 12.4. The Morgan fingerprint density at radius 2 is 2.07 bits per heavy atom. The molecule has 1 aromatic carbocycles. The number of aromatic hydroxyl groups is 1. The van der Waals surface area contributed by atoms with E-state index < -0.39 is 5.56 Å². The number of aryl methyl sites for hydroxylation is 1. The number of aromatic nitrogens is 2. The summed E-state index contributed by atoms with van der Waals surface area (Å²) in [5.41, 5.74) is 2.36. The number of benzene rings is 1. The number of hydrogen-bond donors (Lipinski definition) is 1. The fourth-order valence-corrected chi connectivity index (χ4v) is 3.23. The van der Waals surface area contributed by atoms with E-state index in [1.54, 1.807) is 24.4 Å². The Kier molecular flexibility index (Phi) is 5.64.